The molecule has 2 heterocycles. The van der Waals surface area contributed by atoms with Gasteiger partial charge in [0.25, 0.3) is 0 Å². The van der Waals surface area contributed by atoms with Gasteiger partial charge in [-0.1, -0.05) is 6.07 Å². The first-order valence-electron chi connectivity index (χ1n) is 6.16. The Morgan fingerprint density at radius 3 is 2.94 bits per heavy atom. The SMILES string of the molecule is Cc1ccc(CN)c(N2CCCC(C)(O)C2)n1. The van der Waals surface area contributed by atoms with Crippen molar-refractivity contribution in [1.82, 2.24) is 4.98 Å². The van der Waals surface area contributed by atoms with E-state index in [9.17, 15) is 5.11 Å². The standard InChI is InChI=1S/C13H21N3O/c1-10-4-5-11(8-14)12(15-10)16-7-3-6-13(2,17)9-16/h4-5,17H,3,6-9,14H2,1-2H3. The molecular weight excluding hydrogens is 214 g/mol. The van der Waals surface area contributed by atoms with Gasteiger partial charge in [-0.3, -0.25) is 0 Å². The molecule has 0 aromatic carbocycles. The molecule has 0 spiro atoms. The van der Waals surface area contributed by atoms with Gasteiger partial charge >= 0.3 is 0 Å². The molecule has 4 nitrogen and oxygen atoms in total. The van der Waals surface area contributed by atoms with Crippen molar-refractivity contribution < 1.29 is 5.11 Å². The maximum Gasteiger partial charge on any atom is 0.133 e. The number of nitrogens with two attached hydrogens (primary N) is 1. The lowest BCUT2D eigenvalue weighted by atomic mass is 9.95. The summed E-state index contributed by atoms with van der Waals surface area (Å²) in [5.74, 6) is 0.937. The summed E-state index contributed by atoms with van der Waals surface area (Å²) in [4.78, 5) is 6.72. The number of aryl methyl sites for hydroxylation is 1. The van der Waals surface area contributed by atoms with Crippen LogP contribution >= 0.6 is 0 Å². The lowest BCUT2D eigenvalue weighted by Crippen LogP contribution is -2.46. The fourth-order valence-corrected chi connectivity index (χ4v) is 2.41. The second-order valence-corrected chi connectivity index (χ2v) is 5.16. The smallest absolute Gasteiger partial charge is 0.133 e. The van der Waals surface area contributed by atoms with Gasteiger partial charge in [-0.05, 0) is 32.8 Å². The molecular formula is C13H21N3O. The number of anilines is 1. The van der Waals surface area contributed by atoms with Crippen molar-refractivity contribution in [1.29, 1.82) is 0 Å². The fourth-order valence-electron chi connectivity index (χ4n) is 2.41. The third-order valence-corrected chi connectivity index (χ3v) is 3.29. The summed E-state index contributed by atoms with van der Waals surface area (Å²) in [7, 11) is 0. The van der Waals surface area contributed by atoms with Crippen molar-refractivity contribution in [2.24, 2.45) is 5.73 Å². The Morgan fingerprint density at radius 1 is 1.53 bits per heavy atom. The number of pyridine rings is 1. The van der Waals surface area contributed by atoms with Gasteiger partial charge in [0, 0.05) is 30.9 Å². The van der Waals surface area contributed by atoms with E-state index in [4.69, 9.17) is 5.73 Å². The van der Waals surface area contributed by atoms with Crippen LogP contribution in [-0.2, 0) is 6.54 Å². The summed E-state index contributed by atoms with van der Waals surface area (Å²) >= 11 is 0. The molecule has 1 atom stereocenters. The second kappa shape index (κ2) is 4.63. The zero-order valence-corrected chi connectivity index (χ0v) is 10.6. The lowest BCUT2D eigenvalue weighted by Gasteiger charge is -2.38. The topological polar surface area (TPSA) is 62.4 Å². The Labute approximate surface area is 102 Å². The highest BCUT2D eigenvalue weighted by atomic mass is 16.3. The maximum absolute atomic E-state index is 10.1. The Kier molecular flexibility index (Phi) is 3.35. The zero-order chi connectivity index (χ0) is 12.5. The molecule has 3 N–H and O–H groups in total. The third kappa shape index (κ3) is 2.76. The van der Waals surface area contributed by atoms with Crippen LogP contribution < -0.4 is 10.6 Å². The molecule has 1 aromatic rings. The normalized spacial score (nSPS) is 25.1. The molecule has 0 amide bonds. The number of rotatable bonds is 2. The van der Waals surface area contributed by atoms with Crippen molar-refractivity contribution in [3.05, 3.63) is 23.4 Å². The number of hydrogen-bond donors (Lipinski definition) is 2. The van der Waals surface area contributed by atoms with Gasteiger partial charge in [-0.15, -0.1) is 0 Å². The van der Waals surface area contributed by atoms with Gasteiger partial charge in [0.15, 0.2) is 0 Å². The Morgan fingerprint density at radius 2 is 2.29 bits per heavy atom. The molecule has 1 aromatic heterocycles. The molecule has 1 aliphatic rings. The van der Waals surface area contributed by atoms with Crippen molar-refractivity contribution in [2.75, 3.05) is 18.0 Å². The van der Waals surface area contributed by atoms with E-state index in [-0.39, 0.29) is 0 Å². The predicted molar refractivity (Wildman–Crippen MR) is 68.9 cm³/mol. The molecule has 0 aliphatic carbocycles. The van der Waals surface area contributed by atoms with Crippen LogP contribution in [0.15, 0.2) is 12.1 Å². The van der Waals surface area contributed by atoms with Gasteiger partial charge in [0.2, 0.25) is 0 Å². The highest BCUT2D eigenvalue weighted by Crippen LogP contribution is 2.26. The van der Waals surface area contributed by atoms with Gasteiger partial charge in [0.1, 0.15) is 5.82 Å². The second-order valence-electron chi connectivity index (χ2n) is 5.16. The Bertz CT molecular complexity index is 404. The van der Waals surface area contributed by atoms with Crippen molar-refractivity contribution in [3.63, 3.8) is 0 Å². The highest BCUT2D eigenvalue weighted by Gasteiger charge is 2.29. The minimum absolute atomic E-state index is 0.487. The Hall–Kier alpha value is -1.13. The van der Waals surface area contributed by atoms with E-state index in [2.05, 4.69) is 9.88 Å². The first-order chi connectivity index (χ1) is 8.02. The van der Waals surface area contributed by atoms with Crippen LogP contribution in [0, 0.1) is 6.92 Å². The monoisotopic (exact) mass is 235 g/mol. The van der Waals surface area contributed by atoms with E-state index >= 15 is 0 Å². The first-order valence-corrected chi connectivity index (χ1v) is 6.16. The average molecular weight is 235 g/mol. The molecule has 0 saturated carbocycles. The van der Waals surface area contributed by atoms with E-state index in [1.807, 2.05) is 26.0 Å². The molecule has 1 unspecified atom stereocenters. The van der Waals surface area contributed by atoms with Gasteiger partial charge in [0.05, 0.1) is 5.60 Å². The van der Waals surface area contributed by atoms with Crippen LogP contribution in [0.25, 0.3) is 0 Å². The van der Waals surface area contributed by atoms with E-state index in [0.717, 1.165) is 36.5 Å². The summed E-state index contributed by atoms with van der Waals surface area (Å²) in [5.41, 5.74) is 7.17. The molecule has 94 valence electrons. The number of nitrogens with zero attached hydrogens (tertiary/aromatic N) is 2. The van der Waals surface area contributed by atoms with E-state index in [1.54, 1.807) is 0 Å². The maximum atomic E-state index is 10.1. The molecule has 1 saturated heterocycles. The lowest BCUT2D eigenvalue weighted by molar-refractivity contribution is 0.0446. The van der Waals surface area contributed by atoms with Crippen LogP contribution in [0.5, 0.6) is 0 Å². The predicted octanol–water partition coefficient (Wildman–Crippen LogP) is 1.20. The minimum Gasteiger partial charge on any atom is -0.388 e. The van der Waals surface area contributed by atoms with Crippen LogP contribution in [0.4, 0.5) is 5.82 Å². The summed E-state index contributed by atoms with van der Waals surface area (Å²) in [6.07, 6.45) is 1.85. The summed E-state index contributed by atoms with van der Waals surface area (Å²) in [6.45, 7) is 5.93. The highest BCUT2D eigenvalue weighted by molar-refractivity contribution is 5.48. The summed E-state index contributed by atoms with van der Waals surface area (Å²) < 4.78 is 0. The first kappa shape index (κ1) is 12.3. The molecule has 0 bridgehead atoms. The number of piperidine rings is 1. The summed E-state index contributed by atoms with van der Waals surface area (Å²) in [5, 5.41) is 10.1. The quantitative estimate of drug-likeness (QED) is 0.808. The molecule has 0 radical (unpaired) electrons. The molecule has 1 fully saturated rings. The number of β-amino-alcohol motifs (C(OH)–C–C–N with tert-alkyl or cyclic N) is 1. The zero-order valence-electron chi connectivity index (χ0n) is 10.6. The van der Waals surface area contributed by atoms with Crippen molar-refractivity contribution in [3.8, 4) is 0 Å². The van der Waals surface area contributed by atoms with Crippen molar-refractivity contribution in [2.45, 2.75) is 38.8 Å². The van der Waals surface area contributed by atoms with Gasteiger partial charge in [-0.25, -0.2) is 4.98 Å². The largest absolute Gasteiger partial charge is 0.388 e. The Balaban J connectivity index is 2.29. The molecule has 2 rings (SSSR count). The van der Waals surface area contributed by atoms with E-state index in [0.29, 0.717) is 13.1 Å². The molecule has 1 aliphatic heterocycles. The van der Waals surface area contributed by atoms with Gasteiger partial charge < -0.3 is 15.7 Å². The molecule has 4 heteroatoms. The third-order valence-electron chi connectivity index (χ3n) is 3.29. The van der Waals surface area contributed by atoms with Crippen LogP contribution in [-0.4, -0.2) is 28.8 Å². The van der Waals surface area contributed by atoms with Crippen LogP contribution in [0.2, 0.25) is 0 Å². The number of aliphatic hydroxyl groups is 1. The van der Waals surface area contributed by atoms with Crippen LogP contribution in [0.3, 0.4) is 0 Å². The minimum atomic E-state index is -0.616. The number of aromatic nitrogens is 1. The number of hydrogen-bond acceptors (Lipinski definition) is 4. The molecule has 17 heavy (non-hydrogen) atoms. The van der Waals surface area contributed by atoms with Crippen LogP contribution in [0.1, 0.15) is 31.0 Å². The van der Waals surface area contributed by atoms with E-state index in [1.165, 1.54) is 0 Å². The van der Waals surface area contributed by atoms with E-state index < -0.39 is 5.60 Å². The summed E-state index contributed by atoms with van der Waals surface area (Å²) in [6, 6.07) is 4.01. The average Bonchev–Trinajstić information content (AvgIpc) is 2.27. The van der Waals surface area contributed by atoms with Crippen molar-refractivity contribution >= 4 is 5.82 Å². The fraction of sp³-hybridized carbons (Fsp3) is 0.615. The van der Waals surface area contributed by atoms with Gasteiger partial charge in [-0.2, -0.15) is 0 Å².